The normalized spacial score (nSPS) is 20.1. The van der Waals surface area contributed by atoms with Crippen molar-refractivity contribution >= 4 is 5.91 Å². The quantitative estimate of drug-likeness (QED) is 0.914. The molecule has 2 aliphatic rings. The van der Waals surface area contributed by atoms with Crippen LogP contribution in [-0.4, -0.2) is 40.5 Å². The van der Waals surface area contributed by atoms with E-state index in [-0.39, 0.29) is 11.5 Å². The molecule has 0 radical (unpaired) electrons. The molecule has 1 aromatic heterocycles. The summed E-state index contributed by atoms with van der Waals surface area (Å²) in [5, 5.41) is 0. The van der Waals surface area contributed by atoms with Gasteiger partial charge < -0.3 is 14.6 Å². The van der Waals surface area contributed by atoms with Crippen molar-refractivity contribution in [2.45, 2.75) is 32.2 Å². The van der Waals surface area contributed by atoms with E-state index in [0.717, 1.165) is 36.9 Å². The third kappa shape index (κ3) is 3.49. The highest BCUT2D eigenvalue weighted by Gasteiger charge is 2.27. The van der Waals surface area contributed by atoms with Crippen molar-refractivity contribution in [2.75, 3.05) is 19.8 Å². The number of aromatic amines is 1. The standard InChI is InChI=1S/C19H21F2N3O2/c20-13-3-4-14(15(21)9-13)19-22-16-5-6-24(10-17(16)23-19)18(25)8-12-2-1-7-26-11-12/h3-4,9,12H,1-2,5-8,10-11H2,(H,22,23)/t12-/m1/s1. The number of amides is 1. The van der Waals surface area contributed by atoms with Crippen LogP contribution in [0.3, 0.4) is 0 Å². The highest BCUT2D eigenvalue weighted by Crippen LogP contribution is 2.26. The highest BCUT2D eigenvalue weighted by atomic mass is 19.1. The van der Waals surface area contributed by atoms with Gasteiger partial charge in [0.25, 0.3) is 0 Å². The Labute approximate surface area is 150 Å². The van der Waals surface area contributed by atoms with Gasteiger partial charge in [0, 0.05) is 38.7 Å². The summed E-state index contributed by atoms with van der Waals surface area (Å²) in [6.07, 6.45) is 3.17. The molecule has 26 heavy (non-hydrogen) atoms. The first-order valence-electron chi connectivity index (χ1n) is 8.99. The summed E-state index contributed by atoms with van der Waals surface area (Å²) in [6, 6.07) is 3.43. The number of halogens is 2. The van der Waals surface area contributed by atoms with Crippen molar-refractivity contribution in [2.24, 2.45) is 5.92 Å². The Balaban J connectivity index is 1.47. The average molecular weight is 361 g/mol. The first-order chi connectivity index (χ1) is 12.6. The maximum Gasteiger partial charge on any atom is 0.223 e. The lowest BCUT2D eigenvalue weighted by Crippen LogP contribution is -2.37. The van der Waals surface area contributed by atoms with Crippen molar-refractivity contribution in [3.05, 3.63) is 41.2 Å². The van der Waals surface area contributed by atoms with Gasteiger partial charge in [-0.2, -0.15) is 0 Å². The summed E-state index contributed by atoms with van der Waals surface area (Å²) in [4.78, 5) is 21.9. The Morgan fingerprint density at radius 3 is 3.04 bits per heavy atom. The number of fused-ring (bicyclic) bond motifs is 1. The summed E-state index contributed by atoms with van der Waals surface area (Å²) in [5.74, 6) is -0.478. The van der Waals surface area contributed by atoms with Crippen molar-refractivity contribution in [3.63, 3.8) is 0 Å². The molecule has 3 heterocycles. The molecular formula is C19H21F2N3O2. The number of hydrogen-bond donors (Lipinski definition) is 1. The molecule has 1 aromatic carbocycles. The number of aromatic nitrogens is 2. The fourth-order valence-corrected chi connectivity index (χ4v) is 3.66. The van der Waals surface area contributed by atoms with E-state index in [1.807, 2.05) is 4.90 Å². The second-order valence-electron chi connectivity index (χ2n) is 6.99. The van der Waals surface area contributed by atoms with Gasteiger partial charge in [0.15, 0.2) is 0 Å². The van der Waals surface area contributed by atoms with Gasteiger partial charge in [-0.15, -0.1) is 0 Å². The number of rotatable bonds is 3. The molecule has 1 amide bonds. The van der Waals surface area contributed by atoms with Crippen LogP contribution >= 0.6 is 0 Å². The molecule has 5 nitrogen and oxygen atoms in total. The van der Waals surface area contributed by atoms with Gasteiger partial charge in [0.1, 0.15) is 17.5 Å². The van der Waals surface area contributed by atoms with E-state index in [4.69, 9.17) is 4.74 Å². The van der Waals surface area contributed by atoms with Crippen LogP contribution in [0.25, 0.3) is 11.4 Å². The number of hydrogen-bond acceptors (Lipinski definition) is 3. The number of imidazole rings is 1. The molecule has 0 bridgehead atoms. The monoisotopic (exact) mass is 361 g/mol. The van der Waals surface area contributed by atoms with Gasteiger partial charge in [-0.1, -0.05) is 0 Å². The molecule has 7 heteroatoms. The van der Waals surface area contributed by atoms with Crippen molar-refractivity contribution in [1.82, 2.24) is 14.9 Å². The molecule has 4 rings (SSSR count). The molecule has 1 atom stereocenters. The van der Waals surface area contributed by atoms with Gasteiger partial charge in [-0.05, 0) is 30.9 Å². The molecule has 1 N–H and O–H groups in total. The summed E-state index contributed by atoms with van der Waals surface area (Å²) in [6.45, 7) is 2.49. The molecule has 0 aliphatic carbocycles. The van der Waals surface area contributed by atoms with E-state index in [9.17, 15) is 13.6 Å². The van der Waals surface area contributed by atoms with Crippen LogP contribution in [0.2, 0.25) is 0 Å². The first-order valence-corrected chi connectivity index (χ1v) is 8.99. The van der Waals surface area contributed by atoms with Crippen LogP contribution in [0.1, 0.15) is 30.7 Å². The molecule has 1 fully saturated rings. The lowest BCUT2D eigenvalue weighted by molar-refractivity contribution is -0.134. The zero-order chi connectivity index (χ0) is 18.1. The van der Waals surface area contributed by atoms with E-state index < -0.39 is 11.6 Å². The Kier molecular flexibility index (Phi) is 4.72. The third-order valence-corrected chi connectivity index (χ3v) is 5.09. The number of nitrogens with zero attached hydrogens (tertiary/aromatic N) is 2. The van der Waals surface area contributed by atoms with E-state index >= 15 is 0 Å². The summed E-state index contributed by atoms with van der Waals surface area (Å²) >= 11 is 0. The molecule has 0 saturated carbocycles. The number of benzene rings is 1. The summed E-state index contributed by atoms with van der Waals surface area (Å²) in [7, 11) is 0. The van der Waals surface area contributed by atoms with Gasteiger partial charge in [0.05, 0.1) is 23.5 Å². The Morgan fingerprint density at radius 2 is 2.27 bits per heavy atom. The Morgan fingerprint density at radius 1 is 1.38 bits per heavy atom. The molecule has 138 valence electrons. The van der Waals surface area contributed by atoms with Gasteiger partial charge >= 0.3 is 0 Å². The minimum Gasteiger partial charge on any atom is -0.381 e. The zero-order valence-electron chi connectivity index (χ0n) is 14.4. The maximum atomic E-state index is 14.0. The van der Waals surface area contributed by atoms with E-state index in [0.29, 0.717) is 44.3 Å². The smallest absolute Gasteiger partial charge is 0.223 e. The summed E-state index contributed by atoms with van der Waals surface area (Å²) < 4.78 is 32.5. The van der Waals surface area contributed by atoms with Gasteiger partial charge in [0.2, 0.25) is 5.91 Å². The molecule has 0 unspecified atom stereocenters. The topological polar surface area (TPSA) is 58.2 Å². The van der Waals surface area contributed by atoms with Crippen LogP contribution in [-0.2, 0) is 22.5 Å². The minimum atomic E-state index is -0.652. The number of ether oxygens (including phenoxy) is 1. The van der Waals surface area contributed by atoms with Crippen LogP contribution in [0.15, 0.2) is 18.2 Å². The third-order valence-electron chi connectivity index (χ3n) is 5.09. The average Bonchev–Trinajstić information content (AvgIpc) is 3.05. The van der Waals surface area contributed by atoms with E-state index in [1.165, 1.54) is 12.1 Å². The minimum absolute atomic E-state index is 0.121. The first kappa shape index (κ1) is 17.1. The Bertz CT molecular complexity index is 815. The largest absolute Gasteiger partial charge is 0.381 e. The van der Waals surface area contributed by atoms with Crippen LogP contribution in [0, 0.1) is 17.6 Å². The predicted molar refractivity (Wildman–Crippen MR) is 91.2 cm³/mol. The number of carbonyl (C=O) groups is 1. The van der Waals surface area contributed by atoms with Gasteiger partial charge in [-0.3, -0.25) is 4.79 Å². The van der Waals surface area contributed by atoms with Crippen molar-refractivity contribution in [1.29, 1.82) is 0 Å². The zero-order valence-corrected chi connectivity index (χ0v) is 14.4. The maximum absolute atomic E-state index is 14.0. The molecule has 2 aliphatic heterocycles. The SMILES string of the molecule is O=C(C[C@H]1CCCOC1)N1CCc2nc(-c3ccc(F)cc3F)[nH]c2C1. The molecular weight excluding hydrogens is 340 g/mol. The number of H-pyrrole nitrogens is 1. The van der Waals surface area contributed by atoms with Gasteiger partial charge in [-0.25, -0.2) is 13.8 Å². The van der Waals surface area contributed by atoms with E-state index in [2.05, 4.69) is 9.97 Å². The molecule has 1 saturated heterocycles. The second kappa shape index (κ2) is 7.15. The second-order valence-corrected chi connectivity index (χ2v) is 6.99. The van der Waals surface area contributed by atoms with Crippen molar-refractivity contribution < 1.29 is 18.3 Å². The van der Waals surface area contributed by atoms with E-state index in [1.54, 1.807) is 0 Å². The lowest BCUT2D eigenvalue weighted by atomic mass is 9.97. The fourth-order valence-electron chi connectivity index (χ4n) is 3.66. The molecule has 2 aromatic rings. The van der Waals surface area contributed by atoms with Crippen molar-refractivity contribution in [3.8, 4) is 11.4 Å². The van der Waals surface area contributed by atoms with Crippen LogP contribution in [0.5, 0.6) is 0 Å². The predicted octanol–water partition coefficient (Wildman–Crippen LogP) is 3.06. The number of nitrogens with one attached hydrogen (secondary N) is 1. The summed E-state index contributed by atoms with van der Waals surface area (Å²) in [5.41, 5.74) is 1.90. The van der Waals surface area contributed by atoms with Crippen LogP contribution < -0.4 is 0 Å². The Hall–Kier alpha value is -2.28. The number of carbonyl (C=O) groups excluding carboxylic acids is 1. The lowest BCUT2D eigenvalue weighted by Gasteiger charge is -2.29. The highest BCUT2D eigenvalue weighted by molar-refractivity contribution is 5.76. The fraction of sp³-hybridized carbons (Fsp3) is 0.474. The molecule has 0 spiro atoms. The van der Waals surface area contributed by atoms with Crippen LogP contribution in [0.4, 0.5) is 8.78 Å².